The second kappa shape index (κ2) is 6.85. The van der Waals surface area contributed by atoms with Crippen LogP contribution < -0.4 is 5.73 Å². The van der Waals surface area contributed by atoms with Crippen molar-refractivity contribution in [3.63, 3.8) is 0 Å². The minimum atomic E-state index is -0.842. The summed E-state index contributed by atoms with van der Waals surface area (Å²) in [5, 5.41) is 0. The molecule has 0 rings (SSSR count). The molecular formula is C9H13NO4. The van der Waals surface area contributed by atoms with Crippen molar-refractivity contribution in [2.75, 3.05) is 0 Å². The molecule has 14 heavy (non-hydrogen) atoms. The summed E-state index contributed by atoms with van der Waals surface area (Å²) in [5.41, 5.74) is 5.39. The van der Waals surface area contributed by atoms with Crippen LogP contribution in [0.3, 0.4) is 0 Å². The fraction of sp³-hybridized carbons (Fsp3) is 0.333. The Labute approximate surface area is 82.2 Å². The van der Waals surface area contributed by atoms with Gasteiger partial charge in [-0.3, -0.25) is 4.79 Å². The van der Waals surface area contributed by atoms with Gasteiger partial charge >= 0.3 is 11.9 Å². The largest absolute Gasteiger partial charge is 0.435 e. The van der Waals surface area contributed by atoms with E-state index in [4.69, 9.17) is 5.73 Å². The van der Waals surface area contributed by atoms with Gasteiger partial charge in [0.2, 0.25) is 0 Å². The second-order valence-electron chi connectivity index (χ2n) is 2.41. The molecule has 0 radical (unpaired) electrons. The van der Waals surface area contributed by atoms with Crippen molar-refractivity contribution >= 4 is 11.9 Å². The van der Waals surface area contributed by atoms with Gasteiger partial charge in [-0.15, -0.1) is 0 Å². The molecule has 0 aliphatic carbocycles. The Kier molecular flexibility index (Phi) is 6.06. The predicted octanol–water partition coefficient (Wildman–Crippen LogP) is 0.467. The lowest BCUT2D eigenvalue weighted by atomic mass is 10.2. The molecule has 0 unspecified atom stereocenters. The van der Waals surface area contributed by atoms with Crippen LogP contribution in [-0.4, -0.2) is 18.0 Å². The number of ether oxygens (including phenoxy) is 2. The third-order valence-electron chi connectivity index (χ3n) is 1.38. The quantitative estimate of drug-likeness (QED) is 0.497. The maximum Gasteiger partial charge on any atom is 0.327 e. The molecule has 0 saturated carbocycles. The minimum Gasteiger partial charge on any atom is -0.435 e. The van der Waals surface area contributed by atoms with E-state index in [2.05, 4.69) is 22.6 Å². The highest BCUT2D eigenvalue weighted by atomic mass is 16.5. The molecule has 2 N–H and O–H groups in total. The normalized spacial score (nSPS) is 11.2. The van der Waals surface area contributed by atoms with Crippen molar-refractivity contribution in [2.24, 2.45) is 5.73 Å². The van der Waals surface area contributed by atoms with E-state index in [1.165, 1.54) is 0 Å². The summed E-state index contributed by atoms with van der Waals surface area (Å²) >= 11 is 0. The molecule has 0 aromatic heterocycles. The number of carbonyl (C=O) groups excluding carboxylic acids is 2. The molecule has 0 aliphatic rings. The van der Waals surface area contributed by atoms with Crippen LogP contribution >= 0.6 is 0 Å². The van der Waals surface area contributed by atoms with E-state index >= 15 is 0 Å². The first kappa shape index (κ1) is 12.4. The van der Waals surface area contributed by atoms with Crippen LogP contribution in [0, 0.1) is 0 Å². The van der Waals surface area contributed by atoms with Crippen LogP contribution in [0.25, 0.3) is 0 Å². The van der Waals surface area contributed by atoms with E-state index in [0.29, 0.717) is 0 Å². The number of rotatable bonds is 6. The zero-order valence-corrected chi connectivity index (χ0v) is 7.77. The van der Waals surface area contributed by atoms with Gasteiger partial charge in [0, 0.05) is 6.42 Å². The molecule has 0 aromatic rings. The van der Waals surface area contributed by atoms with E-state index in [1.54, 1.807) is 0 Å². The van der Waals surface area contributed by atoms with Crippen molar-refractivity contribution in [1.29, 1.82) is 0 Å². The van der Waals surface area contributed by atoms with Crippen LogP contribution in [0.1, 0.15) is 12.8 Å². The molecule has 0 aliphatic heterocycles. The Morgan fingerprint density at radius 3 is 2.36 bits per heavy atom. The van der Waals surface area contributed by atoms with E-state index in [1.807, 2.05) is 0 Å². The van der Waals surface area contributed by atoms with E-state index < -0.39 is 18.0 Å². The molecule has 5 nitrogen and oxygen atoms in total. The van der Waals surface area contributed by atoms with Gasteiger partial charge < -0.3 is 15.2 Å². The van der Waals surface area contributed by atoms with Gasteiger partial charge in [0.05, 0.1) is 12.5 Å². The van der Waals surface area contributed by atoms with Gasteiger partial charge in [-0.2, -0.15) is 0 Å². The van der Waals surface area contributed by atoms with Crippen molar-refractivity contribution < 1.29 is 19.1 Å². The van der Waals surface area contributed by atoms with Gasteiger partial charge in [-0.25, -0.2) is 4.79 Å². The molecule has 0 bridgehead atoms. The second-order valence-corrected chi connectivity index (χ2v) is 2.41. The first-order chi connectivity index (χ1) is 6.61. The van der Waals surface area contributed by atoms with Crippen molar-refractivity contribution in [2.45, 2.75) is 18.9 Å². The van der Waals surface area contributed by atoms with Gasteiger partial charge in [0.25, 0.3) is 0 Å². The van der Waals surface area contributed by atoms with E-state index in [0.717, 1.165) is 12.5 Å². The average molecular weight is 199 g/mol. The molecule has 0 saturated heterocycles. The molecule has 0 aromatic carbocycles. The summed E-state index contributed by atoms with van der Waals surface area (Å²) in [4.78, 5) is 21.7. The zero-order valence-electron chi connectivity index (χ0n) is 7.77. The summed E-state index contributed by atoms with van der Waals surface area (Å²) in [6, 6.07) is -0.842. The minimum absolute atomic E-state index is 0.0411. The smallest absolute Gasteiger partial charge is 0.327 e. The monoisotopic (exact) mass is 199 g/mol. The number of carbonyl (C=O) groups is 2. The van der Waals surface area contributed by atoms with E-state index in [-0.39, 0.29) is 12.8 Å². The van der Waals surface area contributed by atoms with Gasteiger partial charge in [0.1, 0.15) is 6.04 Å². The fourth-order valence-electron chi connectivity index (χ4n) is 0.713. The molecule has 0 amide bonds. The Balaban J connectivity index is 3.77. The molecule has 0 fully saturated rings. The van der Waals surface area contributed by atoms with Gasteiger partial charge in [-0.1, -0.05) is 13.2 Å². The Bertz CT molecular complexity index is 237. The highest BCUT2D eigenvalue weighted by Crippen LogP contribution is 1.99. The SMILES string of the molecule is C=COC(=O)CC[C@H](N)C(=O)OC=C. The Morgan fingerprint density at radius 2 is 1.86 bits per heavy atom. The lowest BCUT2D eigenvalue weighted by Crippen LogP contribution is -2.31. The van der Waals surface area contributed by atoms with Gasteiger partial charge in [-0.05, 0) is 6.42 Å². The predicted molar refractivity (Wildman–Crippen MR) is 49.8 cm³/mol. The summed E-state index contributed by atoms with van der Waals surface area (Å²) in [6.07, 6.45) is 2.22. The maximum atomic E-state index is 10.9. The molecule has 0 spiro atoms. The van der Waals surface area contributed by atoms with Crippen LogP contribution in [0.15, 0.2) is 25.7 Å². The number of hydrogen-bond acceptors (Lipinski definition) is 5. The van der Waals surface area contributed by atoms with Gasteiger partial charge in [0.15, 0.2) is 0 Å². The first-order valence-electron chi connectivity index (χ1n) is 3.99. The molecule has 5 heteroatoms. The highest BCUT2D eigenvalue weighted by Gasteiger charge is 2.15. The topological polar surface area (TPSA) is 78.6 Å². The number of esters is 2. The summed E-state index contributed by atoms with van der Waals surface area (Å²) in [7, 11) is 0. The van der Waals surface area contributed by atoms with Crippen LogP contribution in [0.5, 0.6) is 0 Å². The average Bonchev–Trinajstić information content (AvgIpc) is 2.15. The fourth-order valence-corrected chi connectivity index (χ4v) is 0.713. The Hall–Kier alpha value is -1.62. The standard InChI is InChI=1S/C9H13NO4/c1-3-13-8(11)6-5-7(10)9(12)14-4-2/h3-4,7H,1-2,5-6,10H2/t7-/m0/s1. The van der Waals surface area contributed by atoms with Crippen molar-refractivity contribution in [1.82, 2.24) is 0 Å². The maximum absolute atomic E-state index is 10.9. The Morgan fingerprint density at radius 1 is 1.29 bits per heavy atom. The van der Waals surface area contributed by atoms with Crippen LogP contribution in [0.4, 0.5) is 0 Å². The van der Waals surface area contributed by atoms with Crippen LogP contribution in [0.2, 0.25) is 0 Å². The molecule has 0 heterocycles. The summed E-state index contributed by atoms with van der Waals surface area (Å²) in [6.45, 7) is 6.42. The summed E-state index contributed by atoms with van der Waals surface area (Å²) in [5.74, 6) is -1.10. The lowest BCUT2D eigenvalue weighted by molar-refractivity contribution is -0.140. The molecular weight excluding hydrogens is 186 g/mol. The van der Waals surface area contributed by atoms with Crippen molar-refractivity contribution in [3.05, 3.63) is 25.7 Å². The summed E-state index contributed by atoms with van der Waals surface area (Å²) < 4.78 is 8.85. The number of hydrogen-bond donors (Lipinski definition) is 1. The van der Waals surface area contributed by atoms with E-state index in [9.17, 15) is 9.59 Å². The third-order valence-corrected chi connectivity index (χ3v) is 1.38. The lowest BCUT2D eigenvalue weighted by Gasteiger charge is -2.07. The number of nitrogens with two attached hydrogens (primary N) is 1. The molecule has 1 atom stereocenters. The van der Waals surface area contributed by atoms with Crippen molar-refractivity contribution in [3.8, 4) is 0 Å². The first-order valence-corrected chi connectivity index (χ1v) is 3.99. The third kappa shape index (κ3) is 5.10. The highest BCUT2D eigenvalue weighted by molar-refractivity contribution is 5.77. The van der Waals surface area contributed by atoms with Crippen LogP contribution in [-0.2, 0) is 19.1 Å². The zero-order chi connectivity index (χ0) is 11.0. The molecule has 78 valence electrons.